The molecular weight excluding hydrogens is 278 g/mol. The molecule has 6 heteroatoms. The number of aliphatic imine (C=N–C) groups is 3. The maximum Gasteiger partial charge on any atom is 0.121 e. The molecule has 1 radical (unpaired) electrons. The smallest absolute Gasteiger partial charge is 0.121 e. The van der Waals surface area contributed by atoms with Crippen molar-refractivity contribution in [1.29, 1.82) is 0 Å². The molecule has 0 aromatic carbocycles. The van der Waals surface area contributed by atoms with Gasteiger partial charge < -0.3 is 5.32 Å². The van der Waals surface area contributed by atoms with Crippen molar-refractivity contribution in [1.82, 2.24) is 10.4 Å². The molecule has 0 aromatic rings. The van der Waals surface area contributed by atoms with E-state index in [9.17, 15) is 5.21 Å². The number of hydrogen-bond acceptors (Lipinski definition) is 4. The van der Waals surface area contributed by atoms with Gasteiger partial charge in [-0.25, -0.2) is 9.98 Å². The molecule has 1 heterocycles. The highest BCUT2D eigenvalue weighted by Gasteiger charge is 2.50. The van der Waals surface area contributed by atoms with Crippen LogP contribution in [0.5, 0.6) is 0 Å². The normalized spacial score (nSPS) is 26.5. The molecule has 1 saturated carbocycles. The number of nitrogens with zero attached hydrogens (tertiary/aromatic N) is 4. The summed E-state index contributed by atoms with van der Waals surface area (Å²) in [4.78, 5) is 13.1. The van der Waals surface area contributed by atoms with E-state index < -0.39 is 11.2 Å². The van der Waals surface area contributed by atoms with Gasteiger partial charge in [-0.05, 0) is 40.5 Å². The van der Waals surface area contributed by atoms with Gasteiger partial charge in [-0.15, -0.1) is 10.3 Å². The number of amidine groups is 1. The first-order valence-electron chi connectivity index (χ1n) is 8.26. The molecule has 0 spiro atoms. The second-order valence-corrected chi connectivity index (χ2v) is 7.17. The molecule has 0 atom stereocenters. The van der Waals surface area contributed by atoms with Crippen molar-refractivity contribution in [3.8, 4) is 0 Å². The third-order valence-corrected chi connectivity index (χ3v) is 4.39. The summed E-state index contributed by atoms with van der Waals surface area (Å²) in [7, 11) is 0. The standard InChI is InChI=1S/C16H28N5O/c1-15(2)14(20-16(3,4)21(15)22)18-11-10-17-12-19-13-8-6-5-7-9-13/h13H,5-11H2,1-4H3,(H,18,20). The lowest BCUT2D eigenvalue weighted by atomic mass is 9.96. The Hall–Kier alpha value is -1.23. The molecule has 2 rings (SSSR count). The Bertz CT molecular complexity index is 471. The Morgan fingerprint density at radius 1 is 1.18 bits per heavy atom. The molecule has 6 nitrogen and oxygen atoms in total. The highest BCUT2D eigenvalue weighted by Crippen LogP contribution is 2.29. The fourth-order valence-electron chi connectivity index (χ4n) is 3.12. The average Bonchev–Trinajstić information content (AvgIpc) is 2.64. The van der Waals surface area contributed by atoms with Gasteiger partial charge in [0, 0.05) is 0 Å². The Morgan fingerprint density at radius 2 is 1.86 bits per heavy atom. The Balaban J connectivity index is 1.83. The van der Waals surface area contributed by atoms with Gasteiger partial charge in [0.25, 0.3) is 0 Å². The monoisotopic (exact) mass is 306 g/mol. The van der Waals surface area contributed by atoms with E-state index in [-0.39, 0.29) is 0 Å². The predicted molar refractivity (Wildman–Crippen MR) is 87.7 cm³/mol. The third-order valence-electron chi connectivity index (χ3n) is 4.39. The molecule has 0 bridgehead atoms. The summed E-state index contributed by atoms with van der Waals surface area (Å²) < 4.78 is 0. The van der Waals surface area contributed by atoms with Crippen LogP contribution in [0.2, 0.25) is 0 Å². The number of hydrogen-bond donors (Lipinski definition) is 1. The van der Waals surface area contributed by atoms with Gasteiger partial charge in [-0.3, -0.25) is 4.99 Å². The van der Waals surface area contributed by atoms with Crippen molar-refractivity contribution in [2.75, 3.05) is 13.1 Å². The minimum absolute atomic E-state index is 0.411. The fraction of sp³-hybridized carbons (Fsp3) is 0.875. The zero-order valence-corrected chi connectivity index (χ0v) is 14.2. The van der Waals surface area contributed by atoms with E-state index in [1.165, 1.54) is 19.3 Å². The van der Waals surface area contributed by atoms with Gasteiger partial charge in [0.15, 0.2) is 0 Å². The molecule has 1 aliphatic carbocycles. The van der Waals surface area contributed by atoms with Crippen molar-refractivity contribution < 1.29 is 5.21 Å². The highest BCUT2D eigenvalue weighted by atomic mass is 16.5. The first-order valence-corrected chi connectivity index (χ1v) is 8.26. The lowest BCUT2D eigenvalue weighted by molar-refractivity contribution is -0.241. The molecule has 0 aromatic heterocycles. The van der Waals surface area contributed by atoms with E-state index in [4.69, 9.17) is 0 Å². The number of rotatable bonds is 4. The van der Waals surface area contributed by atoms with Crippen LogP contribution in [0, 0.1) is 0 Å². The second kappa shape index (κ2) is 6.90. The van der Waals surface area contributed by atoms with Crippen LogP contribution in [-0.4, -0.2) is 47.2 Å². The van der Waals surface area contributed by atoms with E-state index in [0.717, 1.165) is 23.7 Å². The first kappa shape index (κ1) is 17.1. The third kappa shape index (κ3) is 3.94. The minimum Gasteiger partial charge on any atom is -0.353 e. The zero-order chi connectivity index (χ0) is 16.2. The maximum absolute atomic E-state index is 12.2. The van der Waals surface area contributed by atoms with Gasteiger partial charge in [-0.1, -0.05) is 19.3 Å². The number of hydroxylamine groups is 2. The Kier molecular flexibility index (Phi) is 5.37. The van der Waals surface area contributed by atoms with E-state index in [0.29, 0.717) is 19.1 Å². The van der Waals surface area contributed by atoms with Crippen LogP contribution in [0.3, 0.4) is 0 Å². The van der Waals surface area contributed by atoms with Crippen LogP contribution in [0.15, 0.2) is 15.0 Å². The van der Waals surface area contributed by atoms with Crippen LogP contribution in [-0.2, 0) is 5.21 Å². The molecule has 0 amide bonds. The molecule has 1 saturated heterocycles. The number of nitrogens with one attached hydrogen (secondary N) is 1. The molecule has 22 heavy (non-hydrogen) atoms. The fourth-order valence-corrected chi connectivity index (χ4v) is 3.12. The summed E-state index contributed by atoms with van der Waals surface area (Å²) in [5, 5.41) is 16.4. The highest BCUT2D eigenvalue weighted by molar-refractivity contribution is 5.93. The summed E-state index contributed by atoms with van der Waals surface area (Å²) >= 11 is 0. The average molecular weight is 306 g/mol. The topological polar surface area (TPSA) is 72.2 Å². The van der Waals surface area contributed by atoms with E-state index in [1.54, 1.807) is 0 Å². The van der Waals surface area contributed by atoms with Crippen LogP contribution < -0.4 is 5.32 Å². The molecule has 2 aliphatic rings. The molecule has 1 N–H and O–H groups in total. The quantitative estimate of drug-likeness (QED) is 0.640. The van der Waals surface area contributed by atoms with E-state index >= 15 is 0 Å². The van der Waals surface area contributed by atoms with Crippen LogP contribution in [0.4, 0.5) is 0 Å². The summed E-state index contributed by atoms with van der Waals surface area (Å²) in [6, 6.07) is 3.23. The van der Waals surface area contributed by atoms with Crippen molar-refractivity contribution in [3.05, 3.63) is 0 Å². The van der Waals surface area contributed by atoms with Crippen LogP contribution >= 0.6 is 0 Å². The van der Waals surface area contributed by atoms with Gasteiger partial charge in [0.1, 0.15) is 17.0 Å². The molecule has 123 valence electrons. The lowest BCUT2D eigenvalue weighted by Gasteiger charge is -2.28. The maximum atomic E-state index is 12.2. The van der Waals surface area contributed by atoms with Gasteiger partial charge in [0.2, 0.25) is 0 Å². The molecule has 2 fully saturated rings. The molecule has 0 unspecified atom stereocenters. The van der Waals surface area contributed by atoms with Crippen LogP contribution in [0.25, 0.3) is 0 Å². The second-order valence-electron chi connectivity index (χ2n) is 7.17. The van der Waals surface area contributed by atoms with Gasteiger partial charge >= 0.3 is 0 Å². The lowest BCUT2D eigenvalue weighted by Crippen LogP contribution is -2.48. The summed E-state index contributed by atoms with van der Waals surface area (Å²) in [6.07, 6.45) is 6.20. The Labute approximate surface area is 133 Å². The minimum atomic E-state index is -0.622. The van der Waals surface area contributed by atoms with Crippen molar-refractivity contribution in [2.45, 2.75) is 77.0 Å². The first-order chi connectivity index (χ1) is 10.3. The van der Waals surface area contributed by atoms with E-state index in [2.05, 4.69) is 26.3 Å². The summed E-state index contributed by atoms with van der Waals surface area (Å²) in [5.74, 6) is 0.729. The van der Waals surface area contributed by atoms with E-state index in [1.807, 2.05) is 27.7 Å². The summed E-state index contributed by atoms with van der Waals surface area (Å²) in [6.45, 7) is 8.58. The largest absolute Gasteiger partial charge is 0.353 e. The Morgan fingerprint density at radius 3 is 2.45 bits per heavy atom. The zero-order valence-electron chi connectivity index (χ0n) is 14.2. The van der Waals surface area contributed by atoms with Crippen molar-refractivity contribution in [2.24, 2.45) is 15.0 Å². The predicted octanol–water partition coefficient (Wildman–Crippen LogP) is 2.66. The van der Waals surface area contributed by atoms with Gasteiger partial charge in [-0.2, -0.15) is 0 Å². The summed E-state index contributed by atoms with van der Waals surface area (Å²) in [5.41, 5.74) is -1.24. The molecular formula is C16H28N5O. The van der Waals surface area contributed by atoms with Crippen molar-refractivity contribution in [3.63, 3.8) is 0 Å². The van der Waals surface area contributed by atoms with Gasteiger partial charge in [0.05, 0.1) is 25.1 Å². The van der Waals surface area contributed by atoms with Crippen LogP contribution in [0.1, 0.15) is 59.8 Å². The van der Waals surface area contributed by atoms with Crippen molar-refractivity contribution >= 4 is 11.8 Å². The molecule has 1 aliphatic heterocycles. The SMILES string of the molecule is CC1(C)NC(=NCCN=C=NC2CCCCC2)C(C)(C)N1[O].